The number of carbonyl (C=O) groups is 2. The lowest BCUT2D eigenvalue weighted by molar-refractivity contribution is -0.124. The normalized spacial score (nSPS) is 15.5. The van der Waals surface area contributed by atoms with Gasteiger partial charge < -0.3 is 10.4 Å². The van der Waals surface area contributed by atoms with E-state index in [1.54, 1.807) is 6.07 Å². The minimum absolute atomic E-state index is 0.0535. The molecule has 23 heavy (non-hydrogen) atoms. The molecule has 2 aromatic rings. The van der Waals surface area contributed by atoms with Crippen molar-refractivity contribution in [3.8, 4) is 0 Å². The molecule has 2 N–H and O–H groups in total. The van der Waals surface area contributed by atoms with Gasteiger partial charge in [-0.15, -0.1) is 0 Å². The van der Waals surface area contributed by atoms with Crippen LogP contribution in [0, 0.1) is 5.82 Å². The fourth-order valence-electron chi connectivity index (χ4n) is 2.76. The summed E-state index contributed by atoms with van der Waals surface area (Å²) >= 11 is 0. The van der Waals surface area contributed by atoms with Gasteiger partial charge in [0.2, 0.25) is 5.91 Å². The van der Waals surface area contributed by atoms with Gasteiger partial charge in [-0.3, -0.25) is 4.79 Å². The average Bonchev–Trinajstić information content (AvgIpc) is 2.49. The van der Waals surface area contributed by atoms with Crippen molar-refractivity contribution in [3.05, 3.63) is 59.7 Å². The SMILES string of the molecule is O=C(O)c1ccc(C2(C(=O)Nc3ccc(F)cc3)CCC2)cn1. The largest absolute Gasteiger partial charge is 0.477 e. The van der Waals surface area contributed by atoms with Crippen molar-refractivity contribution in [1.82, 2.24) is 4.98 Å². The Bertz CT molecular complexity index is 737. The van der Waals surface area contributed by atoms with E-state index in [1.165, 1.54) is 36.5 Å². The molecule has 0 atom stereocenters. The van der Waals surface area contributed by atoms with Gasteiger partial charge in [0, 0.05) is 11.9 Å². The average molecular weight is 314 g/mol. The van der Waals surface area contributed by atoms with Crippen LogP contribution in [0.15, 0.2) is 42.6 Å². The summed E-state index contributed by atoms with van der Waals surface area (Å²) in [6.07, 6.45) is 3.71. The Kier molecular flexibility index (Phi) is 3.82. The maximum atomic E-state index is 12.9. The molecule has 1 fully saturated rings. The first-order chi connectivity index (χ1) is 11.0. The highest BCUT2D eigenvalue weighted by molar-refractivity contribution is 6.00. The van der Waals surface area contributed by atoms with Gasteiger partial charge >= 0.3 is 5.97 Å². The number of carboxylic acid groups (broad SMARTS) is 1. The summed E-state index contributed by atoms with van der Waals surface area (Å²) in [4.78, 5) is 27.4. The molecule has 1 aliphatic carbocycles. The second-order valence-electron chi connectivity index (χ2n) is 5.63. The summed E-state index contributed by atoms with van der Waals surface area (Å²) in [5, 5.41) is 11.7. The van der Waals surface area contributed by atoms with Gasteiger partial charge in [0.05, 0.1) is 5.41 Å². The standard InChI is InChI=1S/C17H15FN2O3/c18-12-3-5-13(6-4-12)20-16(23)17(8-1-9-17)11-2-7-14(15(21)22)19-10-11/h2-7,10H,1,8-9H2,(H,20,23)(H,21,22). The number of nitrogens with one attached hydrogen (secondary N) is 1. The van der Waals surface area contributed by atoms with Gasteiger partial charge in [-0.05, 0) is 48.7 Å². The van der Waals surface area contributed by atoms with Crippen LogP contribution in [0.1, 0.15) is 35.3 Å². The van der Waals surface area contributed by atoms with Gasteiger partial charge in [0.25, 0.3) is 0 Å². The molecule has 3 rings (SSSR count). The van der Waals surface area contributed by atoms with Crippen LogP contribution in [0.5, 0.6) is 0 Å². The Labute approximate surface area is 132 Å². The van der Waals surface area contributed by atoms with Crippen molar-refractivity contribution in [2.75, 3.05) is 5.32 Å². The van der Waals surface area contributed by atoms with Gasteiger partial charge in [-0.25, -0.2) is 14.2 Å². The van der Waals surface area contributed by atoms with E-state index in [0.717, 1.165) is 6.42 Å². The number of carbonyl (C=O) groups excluding carboxylic acids is 1. The van der Waals surface area contributed by atoms with Gasteiger partial charge in [-0.2, -0.15) is 0 Å². The van der Waals surface area contributed by atoms with Crippen LogP contribution in [0.2, 0.25) is 0 Å². The molecule has 5 nitrogen and oxygen atoms in total. The molecule has 0 bridgehead atoms. The summed E-state index contributed by atoms with van der Waals surface area (Å²) in [7, 11) is 0. The third-order valence-corrected chi connectivity index (χ3v) is 4.28. The fraction of sp³-hybridized carbons (Fsp3) is 0.235. The number of nitrogens with zero attached hydrogens (tertiary/aromatic N) is 1. The predicted octanol–water partition coefficient (Wildman–Crippen LogP) is 2.98. The monoisotopic (exact) mass is 314 g/mol. The van der Waals surface area contributed by atoms with Crippen LogP contribution in [0.4, 0.5) is 10.1 Å². The second kappa shape index (κ2) is 5.79. The molecule has 0 spiro atoms. The van der Waals surface area contributed by atoms with Crippen molar-refractivity contribution in [2.45, 2.75) is 24.7 Å². The molecule has 1 aromatic heterocycles. The predicted molar refractivity (Wildman–Crippen MR) is 81.8 cm³/mol. The molecule has 1 aromatic carbocycles. The summed E-state index contributed by atoms with van der Waals surface area (Å²) in [5.41, 5.74) is 0.478. The number of anilines is 1. The van der Waals surface area contributed by atoms with E-state index in [4.69, 9.17) is 5.11 Å². The molecule has 0 aliphatic heterocycles. The third-order valence-electron chi connectivity index (χ3n) is 4.28. The zero-order chi connectivity index (χ0) is 16.4. The number of aromatic carboxylic acids is 1. The van der Waals surface area contributed by atoms with E-state index in [2.05, 4.69) is 10.3 Å². The van der Waals surface area contributed by atoms with Crippen molar-refractivity contribution in [2.24, 2.45) is 0 Å². The van der Waals surface area contributed by atoms with Crippen molar-refractivity contribution < 1.29 is 19.1 Å². The molecule has 1 aliphatic rings. The summed E-state index contributed by atoms with van der Waals surface area (Å²) in [6, 6.07) is 8.62. The van der Waals surface area contributed by atoms with Gasteiger partial charge in [0.15, 0.2) is 0 Å². The van der Waals surface area contributed by atoms with E-state index >= 15 is 0 Å². The first kappa shape index (κ1) is 15.1. The minimum Gasteiger partial charge on any atom is -0.477 e. The summed E-state index contributed by atoms with van der Waals surface area (Å²) < 4.78 is 12.9. The van der Waals surface area contributed by atoms with Crippen LogP contribution in [-0.4, -0.2) is 22.0 Å². The highest BCUT2D eigenvalue weighted by Gasteiger charge is 2.46. The molecule has 1 amide bonds. The van der Waals surface area contributed by atoms with Gasteiger partial charge in [-0.1, -0.05) is 12.5 Å². The first-order valence-electron chi connectivity index (χ1n) is 7.28. The molecule has 0 saturated heterocycles. The van der Waals surface area contributed by atoms with Crippen molar-refractivity contribution >= 4 is 17.6 Å². The number of aromatic nitrogens is 1. The molecule has 0 radical (unpaired) electrons. The highest BCUT2D eigenvalue weighted by Crippen LogP contribution is 2.44. The molecule has 1 heterocycles. The zero-order valence-corrected chi connectivity index (χ0v) is 12.3. The minimum atomic E-state index is -1.10. The maximum Gasteiger partial charge on any atom is 0.354 e. The number of hydrogen-bond donors (Lipinski definition) is 2. The summed E-state index contributed by atoms with van der Waals surface area (Å²) in [6.45, 7) is 0. The first-order valence-corrected chi connectivity index (χ1v) is 7.28. The lowest BCUT2D eigenvalue weighted by atomic mass is 9.64. The zero-order valence-electron chi connectivity index (χ0n) is 12.3. The highest BCUT2D eigenvalue weighted by atomic mass is 19.1. The maximum absolute atomic E-state index is 12.9. The van der Waals surface area contributed by atoms with E-state index in [1.807, 2.05) is 0 Å². The van der Waals surface area contributed by atoms with Crippen LogP contribution >= 0.6 is 0 Å². The topological polar surface area (TPSA) is 79.3 Å². The Morgan fingerprint density at radius 1 is 1.13 bits per heavy atom. The molecule has 6 heteroatoms. The lowest BCUT2D eigenvalue weighted by Crippen LogP contribution is -2.46. The van der Waals surface area contributed by atoms with E-state index in [-0.39, 0.29) is 17.4 Å². The second-order valence-corrected chi connectivity index (χ2v) is 5.63. The van der Waals surface area contributed by atoms with Crippen molar-refractivity contribution in [3.63, 3.8) is 0 Å². The van der Waals surface area contributed by atoms with Crippen LogP contribution in [0.25, 0.3) is 0 Å². The molecule has 1 saturated carbocycles. The lowest BCUT2D eigenvalue weighted by Gasteiger charge is -2.40. The van der Waals surface area contributed by atoms with Crippen LogP contribution in [0.3, 0.4) is 0 Å². The molecule has 118 valence electrons. The van der Waals surface area contributed by atoms with E-state index in [0.29, 0.717) is 24.1 Å². The smallest absolute Gasteiger partial charge is 0.354 e. The number of halogens is 1. The third kappa shape index (κ3) is 2.79. The fourth-order valence-corrected chi connectivity index (χ4v) is 2.76. The van der Waals surface area contributed by atoms with Crippen LogP contribution in [-0.2, 0) is 10.2 Å². The summed E-state index contributed by atoms with van der Waals surface area (Å²) in [5.74, 6) is -1.65. The number of amides is 1. The van der Waals surface area contributed by atoms with E-state index in [9.17, 15) is 14.0 Å². The number of pyridine rings is 1. The van der Waals surface area contributed by atoms with E-state index < -0.39 is 11.4 Å². The number of hydrogen-bond acceptors (Lipinski definition) is 3. The van der Waals surface area contributed by atoms with Crippen molar-refractivity contribution in [1.29, 1.82) is 0 Å². The Morgan fingerprint density at radius 2 is 1.83 bits per heavy atom. The molecular formula is C17H15FN2O3. The quantitative estimate of drug-likeness (QED) is 0.909. The number of carboxylic acids is 1. The molecule has 0 unspecified atom stereocenters. The Hall–Kier alpha value is -2.76. The van der Waals surface area contributed by atoms with Gasteiger partial charge in [0.1, 0.15) is 11.5 Å². The van der Waals surface area contributed by atoms with Crippen LogP contribution < -0.4 is 5.32 Å². The number of benzene rings is 1. The Balaban J connectivity index is 1.83. The molecular weight excluding hydrogens is 299 g/mol. The number of rotatable bonds is 4. The Morgan fingerprint density at radius 3 is 2.30 bits per heavy atom.